The molecule has 2 heterocycles. The SMILES string of the molecule is Cc1cc(C)n(-c2ccc(C(=O)Nc3ccc(Cl)cn3)cc2)n1. The molecule has 0 fully saturated rings. The minimum absolute atomic E-state index is 0.222. The number of aromatic nitrogens is 3. The maximum Gasteiger partial charge on any atom is 0.256 e. The zero-order valence-corrected chi connectivity index (χ0v) is 13.5. The van der Waals surface area contributed by atoms with Crippen LogP contribution in [0.15, 0.2) is 48.7 Å². The molecule has 116 valence electrons. The molecular weight excluding hydrogens is 312 g/mol. The fourth-order valence-electron chi connectivity index (χ4n) is 2.28. The summed E-state index contributed by atoms with van der Waals surface area (Å²) in [5.74, 6) is 0.238. The molecule has 0 aliphatic heterocycles. The molecule has 23 heavy (non-hydrogen) atoms. The Balaban J connectivity index is 1.77. The van der Waals surface area contributed by atoms with Crippen LogP contribution in [0, 0.1) is 13.8 Å². The van der Waals surface area contributed by atoms with Crippen LogP contribution in [0.25, 0.3) is 5.69 Å². The molecule has 1 amide bonds. The lowest BCUT2D eigenvalue weighted by Crippen LogP contribution is -2.13. The fourth-order valence-corrected chi connectivity index (χ4v) is 2.39. The van der Waals surface area contributed by atoms with Crippen molar-refractivity contribution < 1.29 is 4.79 Å². The van der Waals surface area contributed by atoms with Gasteiger partial charge in [-0.25, -0.2) is 9.67 Å². The van der Waals surface area contributed by atoms with Crippen molar-refractivity contribution in [2.75, 3.05) is 5.32 Å². The number of halogens is 1. The number of pyridine rings is 1. The van der Waals surface area contributed by atoms with Gasteiger partial charge in [0.1, 0.15) is 5.82 Å². The highest BCUT2D eigenvalue weighted by atomic mass is 35.5. The van der Waals surface area contributed by atoms with Crippen molar-refractivity contribution in [2.45, 2.75) is 13.8 Å². The Kier molecular flexibility index (Phi) is 4.12. The predicted octanol–water partition coefficient (Wildman–Crippen LogP) is 3.79. The molecule has 1 aromatic carbocycles. The highest BCUT2D eigenvalue weighted by Gasteiger charge is 2.08. The minimum atomic E-state index is -0.222. The molecule has 0 spiro atoms. The molecule has 5 nitrogen and oxygen atoms in total. The van der Waals surface area contributed by atoms with E-state index in [0.717, 1.165) is 17.1 Å². The Morgan fingerprint density at radius 1 is 1.13 bits per heavy atom. The van der Waals surface area contributed by atoms with Crippen LogP contribution in [0.4, 0.5) is 5.82 Å². The molecule has 0 saturated heterocycles. The first kappa shape index (κ1) is 15.2. The number of aryl methyl sites for hydroxylation is 2. The third-order valence-corrected chi connectivity index (χ3v) is 3.58. The van der Waals surface area contributed by atoms with Crippen LogP contribution in [0.5, 0.6) is 0 Å². The van der Waals surface area contributed by atoms with Crippen molar-refractivity contribution in [3.8, 4) is 5.69 Å². The molecule has 0 aliphatic carbocycles. The van der Waals surface area contributed by atoms with E-state index in [1.807, 2.05) is 36.7 Å². The fraction of sp³-hybridized carbons (Fsp3) is 0.118. The molecule has 3 aromatic rings. The number of anilines is 1. The van der Waals surface area contributed by atoms with E-state index in [1.54, 1.807) is 24.3 Å². The van der Waals surface area contributed by atoms with Gasteiger partial charge in [-0.15, -0.1) is 0 Å². The molecule has 0 saturated carbocycles. The van der Waals surface area contributed by atoms with Crippen LogP contribution in [0.1, 0.15) is 21.7 Å². The molecule has 0 bridgehead atoms. The Morgan fingerprint density at radius 2 is 1.87 bits per heavy atom. The zero-order chi connectivity index (χ0) is 16.4. The van der Waals surface area contributed by atoms with Crippen molar-refractivity contribution in [2.24, 2.45) is 0 Å². The van der Waals surface area contributed by atoms with Crippen LogP contribution in [-0.4, -0.2) is 20.7 Å². The van der Waals surface area contributed by atoms with Crippen LogP contribution in [0.3, 0.4) is 0 Å². The second-order valence-electron chi connectivity index (χ2n) is 5.20. The first-order valence-electron chi connectivity index (χ1n) is 7.09. The Morgan fingerprint density at radius 3 is 2.43 bits per heavy atom. The van der Waals surface area contributed by atoms with E-state index in [4.69, 9.17) is 11.6 Å². The summed E-state index contributed by atoms with van der Waals surface area (Å²) in [6.07, 6.45) is 1.49. The van der Waals surface area contributed by atoms with E-state index in [0.29, 0.717) is 16.4 Å². The van der Waals surface area contributed by atoms with Gasteiger partial charge in [0.2, 0.25) is 0 Å². The molecule has 0 unspecified atom stereocenters. The number of carbonyl (C=O) groups excluding carboxylic acids is 1. The second kappa shape index (κ2) is 6.22. The maximum absolute atomic E-state index is 12.2. The van der Waals surface area contributed by atoms with Gasteiger partial charge in [0.05, 0.1) is 16.4 Å². The molecule has 1 N–H and O–H groups in total. The van der Waals surface area contributed by atoms with E-state index < -0.39 is 0 Å². The van der Waals surface area contributed by atoms with Gasteiger partial charge in [-0.2, -0.15) is 5.10 Å². The standard InChI is InChI=1S/C17H15ClN4O/c1-11-9-12(2)22(21-11)15-6-3-13(4-7-15)17(23)20-16-8-5-14(18)10-19-16/h3-10H,1-2H3,(H,19,20,23). The second-order valence-corrected chi connectivity index (χ2v) is 5.64. The number of hydrogen-bond donors (Lipinski definition) is 1. The third kappa shape index (κ3) is 3.40. The van der Waals surface area contributed by atoms with Gasteiger partial charge in [-0.05, 0) is 56.3 Å². The highest BCUT2D eigenvalue weighted by Crippen LogP contribution is 2.15. The molecule has 0 atom stereocenters. The smallest absolute Gasteiger partial charge is 0.256 e. The topological polar surface area (TPSA) is 59.8 Å². The Bertz CT molecular complexity index is 838. The van der Waals surface area contributed by atoms with Crippen molar-refractivity contribution in [3.05, 3.63) is 70.6 Å². The van der Waals surface area contributed by atoms with E-state index in [2.05, 4.69) is 15.4 Å². The summed E-state index contributed by atoms with van der Waals surface area (Å²) in [6, 6.07) is 12.6. The average molecular weight is 327 g/mol. The summed E-state index contributed by atoms with van der Waals surface area (Å²) in [4.78, 5) is 16.3. The number of amides is 1. The summed E-state index contributed by atoms with van der Waals surface area (Å²) in [6.45, 7) is 3.94. The van der Waals surface area contributed by atoms with Gasteiger partial charge in [-0.3, -0.25) is 4.79 Å². The number of benzene rings is 1. The molecule has 0 aliphatic rings. The normalized spacial score (nSPS) is 10.6. The number of hydrogen-bond acceptors (Lipinski definition) is 3. The van der Waals surface area contributed by atoms with Crippen molar-refractivity contribution >= 4 is 23.3 Å². The highest BCUT2D eigenvalue weighted by molar-refractivity contribution is 6.30. The summed E-state index contributed by atoms with van der Waals surface area (Å²) < 4.78 is 1.85. The van der Waals surface area contributed by atoms with Gasteiger partial charge in [0.15, 0.2) is 0 Å². The lowest BCUT2D eigenvalue weighted by Gasteiger charge is -2.07. The first-order chi connectivity index (χ1) is 11.0. The van der Waals surface area contributed by atoms with Crippen molar-refractivity contribution in [1.29, 1.82) is 0 Å². The van der Waals surface area contributed by atoms with Crippen LogP contribution < -0.4 is 5.32 Å². The Labute approximate surface area is 138 Å². The van der Waals surface area contributed by atoms with E-state index in [1.165, 1.54) is 6.20 Å². The zero-order valence-electron chi connectivity index (χ0n) is 12.7. The molecular formula is C17H15ClN4O. The minimum Gasteiger partial charge on any atom is -0.307 e. The number of nitrogens with one attached hydrogen (secondary N) is 1. The summed E-state index contributed by atoms with van der Waals surface area (Å²) >= 11 is 5.77. The summed E-state index contributed by atoms with van der Waals surface area (Å²) in [5, 5.41) is 7.68. The number of carbonyl (C=O) groups is 1. The van der Waals surface area contributed by atoms with Crippen molar-refractivity contribution in [1.82, 2.24) is 14.8 Å². The molecule has 2 aromatic heterocycles. The van der Waals surface area contributed by atoms with Crippen LogP contribution in [-0.2, 0) is 0 Å². The van der Waals surface area contributed by atoms with Gasteiger partial charge in [0.25, 0.3) is 5.91 Å². The monoisotopic (exact) mass is 326 g/mol. The maximum atomic E-state index is 12.2. The third-order valence-electron chi connectivity index (χ3n) is 3.35. The number of nitrogens with zero attached hydrogens (tertiary/aromatic N) is 3. The lowest BCUT2D eigenvalue weighted by atomic mass is 10.2. The summed E-state index contributed by atoms with van der Waals surface area (Å²) in [5.41, 5.74) is 3.46. The largest absolute Gasteiger partial charge is 0.307 e. The van der Waals surface area contributed by atoms with E-state index in [-0.39, 0.29) is 5.91 Å². The average Bonchev–Trinajstić information content (AvgIpc) is 2.88. The number of rotatable bonds is 3. The predicted molar refractivity (Wildman–Crippen MR) is 90.2 cm³/mol. The molecule has 0 radical (unpaired) electrons. The molecule has 3 rings (SSSR count). The van der Waals surface area contributed by atoms with Gasteiger partial charge >= 0.3 is 0 Å². The van der Waals surface area contributed by atoms with Gasteiger partial charge in [-0.1, -0.05) is 11.6 Å². The van der Waals surface area contributed by atoms with Crippen molar-refractivity contribution in [3.63, 3.8) is 0 Å². The van der Waals surface area contributed by atoms with Gasteiger partial charge < -0.3 is 5.32 Å². The lowest BCUT2D eigenvalue weighted by molar-refractivity contribution is 0.102. The van der Waals surface area contributed by atoms with Crippen LogP contribution >= 0.6 is 11.6 Å². The van der Waals surface area contributed by atoms with Gasteiger partial charge in [0, 0.05) is 17.5 Å². The summed E-state index contributed by atoms with van der Waals surface area (Å²) in [7, 11) is 0. The quantitative estimate of drug-likeness (QED) is 0.796. The Hall–Kier alpha value is -2.66. The molecule has 6 heteroatoms. The first-order valence-corrected chi connectivity index (χ1v) is 7.47. The van der Waals surface area contributed by atoms with Crippen LogP contribution in [0.2, 0.25) is 5.02 Å². The van der Waals surface area contributed by atoms with E-state index in [9.17, 15) is 4.79 Å². The van der Waals surface area contributed by atoms with E-state index >= 15 is 0 Å².